The molecule has 8 nitrogen and oxygen atoms in total. The molecule has 0 aliphatic carbocycles. The lowest BCUT2D eigenvalue weighted by atomic mass is 9.96. The van der Waals surface area contributed by atoms with Gasteiger partial charge in [0, 0.05) is 30.3 Å². The van der Waals surface area contributed by atoms with Crippen LogP contribution >= 0.6 is 11.6 Å². The van der Waals surface area contributed by atoms with Gasteiger partial charge in [0.2, 0.25) is 5.65 Å². The van der Waals surface area contributed by atoms with Crippen LogP contribution in [0.15, 0.2) is 18.3 Å². The van der Waals surface area contributed by atoms with Crippen molar-refractivity contribution in [3.63, 3.8) is 0 Å². The second-order valence-electron chi connectivity index (χ2n) is 7.87. The Morgan fingerprint density at radius 1 is 1.26 bits per heavy atom. The molecule has 27 heavy (non-hydrogen) atoms. The average Bonchev–Trinajstić information content (AvgIpc) is 3.21. The van der Waals surface area contributed by atoms with E-state index in [4.69, 9.17) is 16.6 Å². The summed E-state index contributed by atoms with van der Waals surface area (Å²) >= 11 is 6.16. The largest absolute Gasteiger partial charge is 0.391 e. The zero-order valence-electron chi connectivity index (χ0n) is 15.6. The highest BCUT2D eigenvalue weighted by Gasteiger charge is 2.28. The van der Waals surface area contributed by atoms with E-state index in [1.807, 2.05) is 12.1 Å². The second kappa shape index (κ2) is 6.69. The summed E-state index contributed by atoms with van der Waals surface area (Å²) in [6, 6.07) is 3.73. The van der Waals surface area contributed by atoms with Crippen LogP contribution < -0.4 is 4.90 Å². The number of aliphatic hydroxyl groups excluding tert-OH is 1. The maximum absolute atomic E-state index is 9.94. The summed E-state index contributed by atoms with van der Waals surface area (Å²) < 4.78 is 0. The Morgan fingerprint density at radius 2 is 2.07 bits per heavy atom. The molecular formula is C18H22ClN7O. The fourth-order valence-corrected chi connectivity index (χ4v) is 3.27. The van der Waals surface area contributed by atoms with Crippen LogP contribution in [0.5, 0.6) is 0 Å². The quantitative estimate of drug-likeness (QED) is 0.688. The molecule has 1 aliphatic rings. The molecule has 1 aliphatic heterocycles. The monoisotopic (exact) mass is 387 g/mol. The number of β-amino-alcohol motifs (C(OH)–C–C–N with tert-alkyl or cyclic N) is 1. The van der Waals surface area contributed by atoms with E-state index in [0.29, 0.717) is 35.2 Å². The van der Waals surface area contributed by atoms with Crippen LogP contribution in [-0.4, -0.2) is 54.2 Å². The van der Waals surface area contributed by atoms with Gasteiger partial charge in [-0.05, 0) is 12.5 Å². The highest BCUT2D eigenvalue weighted by molar-refractivity contribution is 6.30. The number of rotatable bonds is 3. The third-order valence-electron chi connectivity index (χ3n) is 4.55. The zero-order valence-corrected chi connectivity index (χ0v) is 16.3. The Labute approximate surface area is 162 Å². The van der Waals surface area contributed by atoms with Gasteiger partial charge in [-0.25, -0.2) is 15.0 Å². The Balaban J connectivity index is 1.80. The second-order valence-corrected chi connectivity index (χ2v) is 8.22. The minimum Gasteiger partial charge on any atom is -0.391 e. The van der Waals surface area contributed by atoms with Gasteiger partial charge in [-0.2, -0.15) is 4.80 Å². The molecule has 4 heterocycles. The summed E-state index contributed by atoms with van der Waals surface area (Å²) in [5.74, 6) is 1.43. The number of hydrogen-bond acceptors (Lipinski definition) is 7. The predicted molar refractivity (Wildman–Crippen MR) is 103 cm³/mol. The fourth-order valence-electron chi connectivity index (χ4n) is 3.09. The van der Waals surface area contributed by atoms with Gasteiger partial charge in [0.25, 0.3) is 0 Å². The molecule has 3 aromatic heterocycles. The van der Waals surface area contributed by atoms with E-state index >= 15 is 0 Å². The normalized spacial score (nSPS) is 17.8. The highest BCUT2D eigenvalue weighted by Crippen LogP contribution is 2.29. The zero-order chi connectivity index (χ0) is 19.2. The van der Waals surface area contributed by atoms with Crippen LogP contribution in [0.25, 0.3) is 11.2 Å². The smallest absolute Gasteiger partial charge is 0.207 e. The van der Waals surface area contributed by atoms with Crippen molar-refractivity contribution in [2.75, 3.05) is 18.0 Å². The predicted octanol–water partition coefficient (Wildman–Crippen LogP) is 2.19. The summed E-state index contributed by atoms with van der Waals surface area (Å²) in [6.45, 7) is 7.87. The highest BCUT2D eigenvalue weighted by atomic mass is 35.5. The standard InChI is InChI=1S/C18H22ClN7O/c1-18(2,3)17-21-15-13(16(22-17)25-8-6-12(27)10-25)23-26(24-15)9-11-5-4-7-20-14(11)19/h4-5,7,12,27H,6,8-10H2,1-3H3/t12-/m0/s1. The fraction of sp³-hybridized carbons (Fsp3) is 0.500. The van der Waals surface area contributed by atoms with Gasteiger partial charge in [0.15, 0.2) is 11.3 Å². The first-order valence-electron chi connectivity index (χ1n) is 8.97. The molecule has 0 spiro atoms. The van der Waals surface area contributed by atoms with Gasteiger partial charge in [0.05, 0.1) is 12.6 Å². The summed E-state index contributed by atoms with van der Waals surface area (Å²) in [7, 11) is 0. The number of anilines is 1. The molecule has 1 saturated heterocycles. The third-order valence-corrected chi connectivity index (χ3v) is 4.89. The number of halogens is 1. The number of nitrogens with zero attached hydrogens (tertiary/aromatic N) is 7. The molecule has 4 rings (SSSR count). The van der Waals surface area contributed by atoms with Crippen molar-refractivity contribution in [2.24, 2.45) is 0 Å². The lowest BCUT2D eigenvalue weighted by Gasteiger charge is -2.21. The van der Waals surface area contributed by atoms with Crippen LogP contribution in [0, 0.1) is 0 Å². The number of aromatic nitrogens is 6. The Kier molecular flexibility index (Phi) is 4.47. The summed E-state index contributed by atoms with van der Waals surface area (Å²) in [4.78, 5) is 17.1. The molecule has 0 saturated carbocycles. The van der Waals surface area contributed by atoms with E-state index in [9.17, 15) is 5.11 Å². The van der Waals surface area contributed by atoms with Crippen LogP contribution in [0.4, 0.5) is 5.82 Å². The number of pyridine rings is 1. The van der Waals surface area contributed by atoms with Gasteiger partial charge in [-0.15, -0.1) is 10.2 Å². The molecule has 1 N–H and O–H groups in total. The topological polar surface area (TPSA) is 92.8 Å². The molecule has 0 unspecified atom stereocenters. The molecule has 1 fully saturated rings. The van der Waals surface area contributed by atoms with Crippen molar-refractivity contribution in [3.8, 4) is 0 Å². The molecule has 0 bridgehead atoms. The van der Waals surface area contributed by atoms with Gasteiger partial charge in [-0.1, -0.05) is 38.4 Å². The van der Waals surface area contributed by atoms with E-state index < -0.39 is 0 Å². The molecular weight excluding hydrogens is 366 g/mol. The van der Waals surface area contributed by atoms with E-state index in [1.165, 1.54) is 0 Å². The first kappa shape index (κ1) is 18.1. The van der Waals surface area contributed by atoms with Crippen LogP contribution in [0.1, 0.15) is 38.6 Å². The average molecular weight is 388 g/mol. The van der Waals surface area contributed by atoms with E-state index in [2.05, 4.69) is 45.8 Å². The van der Waals surface area contributed by atoms with Crippen LogP contribution in [0.3, 0.4) is 0 Å². The van der Waals surface area contributed by atoms with Crippen molar-refractivity contribution in [3.05, 3.63) is 34.9 Å². The molecule has 0 radical (unpaired) electrons. The van der Waals surface area contributed by atoms with Crippen molar-refractivity contribution >= 4 is 28.6 Å². The Hall–Kier alpha value is -2.32. The number of fused-ring (bicyclic) bond motifs is 1. The minimum atomic E-state index is -0.350. The van der Waals surface area contributed by atoms with Crippen LogP contribution in [0.2, 0.25) is 5.15 Å². The lowest BCUT2D eigenvalue weighted by Crippen LogP contribution is -2.25. The van der Waals surface area contributed by atoms with Crippen molar-refractivity contribution in [2.45, 2.75) is 45.3 Å². The summed E-state index contributed by atoms with van der Waals surface area (Å²) in [5.41, 5.74) is 1.79. The maximum atomic E-state index is 9.94. The molecule has 0 amide bonds. The van der Waals surface area contributed by atoms with Crippen LogP contribution in [-0.2, 0) is 12.0 Å². The maximum Gasteiger partial charge on any atom is 0.207 e. The van der Waals surface area contributed by atoms with E-state index in [0.717, 1.165) is 24.3 Å². The van der Waals surface area contributed by atoms with E-state index in [1.54, 1.807) is 11.0 Å². The first-order valence-corrected chi connectivity index (χ1v) is 9.35. The Bertz CT molecular complexity index is 981. The van der Waals surface area contributed by atoms with Gasteiger partial charge in [0.1, 0.15) is 11.0 Å². The molecule has 142 valence electrons. The van der Waals surface area contributed by atoms with Gasteiger partial charge in [-0.3, -0.25) is 0 Å². The van der Waals surface area contributed by atoms with E-state index in [-0.39, 0.29) is 11.5 Å². The number of hydrogen-bond donors (Lipinski definition) is 1. The molecule has 3 aromatic rings. The summed E-state index contributed by atoms with van der Waals surface area (Å²) in [6.07, 6.45) is 2.02. The van der Waals surface area contributed by atoms with Crippen molar-refractivity contribution < 1.29 is 5.11 Å². The first-order chi connectivity index (χ1) is 12.8. The minimum absolute atomic E-state index is 0.224. The van der Waals surface area contributed by atoms with Gasteiger partial charge >= 0.3 is 0 Å². The summed E-state index contributed by atoms with van der Waals surface area (Å²) in [5, 5.41) is 19.5. The third kappa shape index (κ3) is 3.59. The molecule has 0 aromatic carbocycles. The lowest BCUT2D eigenvalue weighted by molar-refractivity contribution is 0.198. The molecule has 1 atom stereocenters. The van der Waals surface area contributed by atoms with Crippen molar-refractivity contribution in [1.29, 1.82) is 0 Å². The number of aliphatic hydroxyl groups is 1. The van der Waals surface area contributed by atoms with Crippen molar-refractivity contribution in [1.82, 2.24) is 29.9 Å². The Morgan fingerprint density at radius 3 is 2.74 bits per heavy atom. The molecule has 9 heteroatoms. The van der Waals surface area contributed by atoms with Gasteiger partial charge < -0.3 is 10.0 Å². The SMILES string of the molecule is CC(C)(C)c1nc(N2CC[C@H](O)C2)c2nn(Cc3cccnc3Cl)nc2n1.